The van der Waals surface area contributed by atoms with Crippen molar-refractivity contribution in [1.82, 2.24) is 4.90 Å². The maximum atomic E-state index is 11.8. The molecule has 0 atom stereocenters. The highest BCUT2D eigenvalue weighted by molar-refractivity contribution is 6.28. The zero-order chi connectivity index (χ0) is 15.5. The highest BCUT2D eigenvalue weighted by Gasteiger charge is 2.28. The Morgan fingerprint density at radius 3 is 2.55 bits per heavy atom. The van der Waals surface area contributed by atoms with Crippen LogP contribution in [0.25, 0.3) is 0 Å². The molecule has 1 fully saturated rings. The quantitative estimate of drug-likeness (QED) is 0.359. The van der Waals surface area contributed by atoms with Crippen LogP contribution in [0.5, 0.6) is 0 Å². The van der Waals surface area contributed by atoms with Crippen LogP contribution < -0.4 is 0 Å². The van der Waals surface area contributed by atoms with Gasteiger partial charge in [0.2, 0.25) is 0 Å². The lowest BCUT2D eigenvalue weighted by molar-refractivity contribution is -0.384. The van der Waals surface area contributed by atoms with Gasteiger partial charge in [0.1, 0.15) is 11.3 Å². The molecule has 0 saturated carbocycles. The van der Waals surface area contributed by atoms with Crippen molar-refractivity contribution in [3.05, 3.63) is 51.7 Å². The lowest BCUT2D eigenvalue weighted by atomic mass is 10.0. The standard InChI is InChI=1S/C14H13N3O5/c18-14-12(9-16-5-7-21-8-6-16)13(15-22-14)10-1-3-11(4-2-10)17(19)20/h1-4,9H,5-8H2. The summed E-state index contributed by atoms with van der Waals surface area (Å²) < 4.78 is 5.26. The van der Waals surface area contributed by atoms with Gasteiger partial charge in [-0.1, -0.05) is 5.16 Å². The molecular formula is C14H13N3O5. The van der Waals surface area contributed by atoms with Gasteiger partial charge in [-0.15, -0.1) is 0 Å². The van der Waals surface area contributed by atoms with Crippen molar-refractivity contribution in [2.75, 3.05) is 26.3 Å². The zero-order valence-electron chi connectivity index (χ0n) is 11.6. The molecule has 8 heteroatoms. The Bertz CT molecular complexity index is 660. The molecule has 8 nitrogen and oxygen atoms in total. The van der Waals surface area contributed by atoms with E-state index in [2.05, 4.69) is 5.16 Å². The Labute approximate surface area is 125 Å². The number of hydrogen-bond donors (Lipinski definition) is 0. The number of non-ortho nitro benzene ring substituents is 1. The number of rotatable bonds is 3. The van der Waals surface area contributed by atoms with Crippen LogP contribution >= 0.6 is 0 Å². The molecule has 0 radical (unpaired) electrons. The van der Waals surface area contributed by atoms with E-state index in [-0.39, 0.29) is 5.69 Å². The molecule has 1 aromatic carbocycles. The summed E-state index contributed by atoms with van der Waals surface area (Å²) in [6.45, 7) is 2.57. The first-order chi connectivity index (χ1) is 10.6. The van der Waals surface area contributed by atoms with Crippen molar-refractivity contribution >= 4 is 17.4 Å². The number of nitro groups is 1. The van der Waals surface area contributed by atoms with Crippen LogP contribution in [0.1, 0.15) is 5.56 Å². The third kappa shape index (κ3) is 2.82. The Morgan fingerprint density at radius 1 is 1.23 bits per heavy atom. The number of carbonyl (C=O) groups excluding carboxylic acids is 1. The van der Waals surface area contributed by atoms with E-state index in [0.717, 1.165) is 0 Å². The predicted molar refractivity (Wildman–Crippen MR) is 76.2 cm³/mol. The number of nitrogens with zero attached hydrogens (tertiary/aromatic N) is 3. The molecule has 0 bridgehead atoms. The fourth-order valence-corrected chi connectivity index (χ4v) is 2.23. The van der Waals surface area contributed by atoms with Gasteiger partial charge in [-0.25, -0.2) is 4.79 Å². The predicted octanol–water partition coefficient (Wildman–Crippen LogP) is 1.07. The number of carbonyl (C=O) groups is 1. The molecule has 0 amide bonds. The van der Waals surface area contributed by atoms with Crippen molar-refractivity contribution in [2.24, 2.45) is 5.16 Å². The fraction of sp³-hybridized carbons (Fsp3) is 0.286. The molecule has 2 heterocycles. The topological polar surface area (TPSA) is 94.3 Å². The molecule has 0 N–H and O–H groups in total. The summed E-state index contributed by atoms with van der Waals surface area (Å²) in [6, 6.07) is 5.83. The molecule has 0 aliphatic carbocycles. The van der Waals surface area contributed by atoms with Gasteiger partial charge in [0, 0.05) is 37.0 Å². The monoisotopic (exact) mass is 303 g/mol. The number of ether oxygens (including phenoxy) is 1. The first-order valence-corrected chi connectivity index (χ1v) is 6.73. The molecular weight excluding hydrogens is 290 g/mol. The van der Waals surface area contributed by atoms with Crippen molar-refractivity contribution in [3.63, 3.8) is 0 Å². The average molecular weight is 303 g/mol. The summed E-state index contributed by atoms with van der Waals surface area (Å²) in [4.78, 5) is 28.7. The number of benzene rings is 1. The number of hydrogen-bond acceptors (Lipinski definition) is 7. The molecule has 0 aromatic heterocycles. The summed E-state index contributed by atoms with van der Waals surface area (Å²) in [5.41, 5.74) is 1.30. The normalized spacial score (nSPS) is 20.0. The number of morpholine rings is 1. The van der Waals surface area contributed by atoms with Crippen LogP contribution in [-0.2, 0) is 14.4 Å². The fourth-order valence-electron chi connectivity index (χ4n) is 2.23. The lowest BCUT2D eigenvalue weighted by Gasteiger charge is -2.25. The van der Waals surface area contributed by atoms with Gasteiger partial charge >= 0.3 is 5.97 Å². The maximum absolute atomic E-state index is 11.8. The van der Waals surface area contributed by atoms with E-state index in [4.69, 9.17) is 9.57 Å². The molecule has 114 valence electrons. The molecule has 0 unspecified atom stereocenters. The average Bonchev–Trinajstić information content (AvgIpc) is 2.89. The lowest BCUT2D eigenvalue weighted by Crippen LogP contribution is -2.33. The van der Waals surface area contributed by atoms with Crippen molar-refractivity contribution < 1.29 is 19.3 Å². The van der Waals surface area contributed by atoms with E-state index in [9.17, 15) is 14.9 Å². The van der Waals surface area contributed by atoms with Crippen molar-refractivity contribution in [2.45, 2.75) is 0 Å². The minimum Gasteiger partial charge on any atom is -0.378 e. The van der Waals surface area contributed by atoms with E-state index < -0.39 is 10.9 Å². The molecule has 0 spiro atoms. The van der Waals surface area contributed by atoms with Crippen LogP contribution in [0.3, 0.4) is 0 Å². The van der Waals surface area contributed by atoms with E-state index in [1.54, 1.807) is 18.3 Å². The molecule has 1 aromatic rings. The summed E-state index contributed by atoms with van der Waals surface area (Å²) >= 11 is 0. The van der Waals surface area contributed by atoms with Crippen LogP contribution in [0.15, 0.2) is 41.2 Å². The van der Waals surface area contributed by atoms with E-state index >= 15 is 0 Å². The van der Waals surface area contributed by atoms with E-state index in [1.807, 2.05) is 4.90 Å². The maximum Gasteiger partial charge on any atom is 0.369 e. The highest BCUT2D eigenvalue weighted by Crippen LogP contribution is 2.21. The van der Waals surface area contributed by atoms with Gasteiger partial charge in [0.25, 0.3) is 5.69 Å². The van der Waals surface area contributed by atoms with Crippen LogP contribution in [-0.4, -0.2) is 47.8 Å². The third-order valence-corrected chi connectivity index (χ3v) is 3.40. The Balaban J connectivity index is 1.86. The second-order valence-electron chi connectivity index (χ2n) is 4.81. The molecule has 22 heavy (non-hydrogen) atoms. The van der Waals surface area contributed by atoms with E-state index in [0.29, 0.717) is 43.2 Å². The van der Waals surface area contributed by atoms with Gasteiger partial charge in [-0.2, -0.15) is 0 Å². The second kappa shape index (κ2) is 5.94. The first kappa shape index (κ1) is 14.2. The number of nitro benzene ring substituents is 1. The molecule has 2 aliphatic rings. The van der Waals surface area contributed by atoms with Crippen molar-refractivity contribution in [1.29, 1.82) is 0 Å². The zero-order valence-corrected chi connectivity index (χ0v) is 11.6. The van der Waals surface area contributed by atoms with Gasteiger partial charge in [-0.3, -0.25) is 10.1 Å². The summed E-state index contributed by atoms with van der Waals surface area (Å²) in [5, 5.41) is 14.5. The molecule has 1 saturated heterocycles. The highest BCUT2D eigenvalue weighted by atomic mass is 16.7. The van der Waals surface area contributed by atoms with Crippen molar-refractivity contribution in [3.8, 4) is 0 Å². The summed E-state index contributed by atoms with van der Waals surface area (Å²) in [5.74, 6) is -0.528. The third-order valence-electron chi connectivity index (χ3n) is 3.40. The smallest absolute Gasteiger partial charge is 0.369 e. The first-order valence-electron chi connectivity index (χ1n) is 6.73. The Hall–Kier alpha value is -2.74. The summed E-state index contributed by atoms with van der Waals surface area (Å²) in [7, 11) is 0. The van der Waals surface area contributed by atoms with Crippen LogP contribution in [0.2, 0.25) is 0 Å². The molecule has 3 rings (SSSR count). The second-order valence-corrected chi connectivity index (χ2v) is 4.81. The van der Waals surface area contributed by atoms with Gasteiger partial charge in [0.05, 0.1) is 18.1 Å². The molecule has 2 aliphatic heterocycles. The minimum atomic E-state index is -0.528. The Morgan fingerprint density at radius 2 is 1.91 bits per heavy atom. The van der Waals surface area contributed by atoms with Gasteiger partial charge < -0.3 is 14.5 Å². The Kier molecular flexibility index (Phi) is 3.84. The summed E-state index contributed by atoms with van der Waals surface area (Å²) in [6.07, 6.45) is 1.71. The number of oxime groups is 1. The van der Waals surface area contributed by atoms with E-state index in [1.165, 1.54) is 12.1 Å². The largest absolute Gasteiger partial charge is 0.378 e. The SMILES string of the molecule is O=C1ON=C(c2ccc([N+](=O)[O-])cc2)C1=CN1CCOCC1. The minimum absolute atomic E-state index is 0.0201. The van der Waals surface area contributed by atoms with Gasteiger partial charge in [-0.05, 0) is 12.1 Å². The van der Waals surface area contributed by atoms with Gasteiger partial charge in [0.15, 0.2) is 0 Å². The van der Waals surface area contributed by atoms with Crippen LogP contribution in [0.4, 0.5) is 5.69 Å². The van der Waals surface area contributed by atoms with Crippen LogP contribution in [0, 0.1) is 10.1 Å².